The van der Waals surface area contributed by atoms with Crippen LogP contribution < -0.4 is 5.32 Å². The molecule has 2 nitrogen and oxygen atoms in total. The Morgan fingerprint density at radius 3 is 2.35 bits per heavy atom. The van der Waals surface area contributed by atoms with E-state index in [1.54, 1.807) is 0 Å². The van der Waals surface area contributed by atoms with E-state index in [1.165, 1.54) is 0 Å². The number of hydrogen-bond donors (Lipinski definition) is 1. The molecule has 1 aromatic rings. The summed E-state index contributed by atoms with van der Waals surface area (Å²) in [5.74, 6) is 0.225. The normalized spacial score (nSPS) is 19.4. The molecule has 1 aromatic carbocycles. The molecule has 1 aliphatic rings. The standard InChI is InChI=1S/C15H19NO/c1-11-9-15(2,3)10-13(17)14(11)16-12-7-5-4-6-8-12/h4-8,16H,9-10H2,1-3H3. The molecule has 90 valence electrons. The van der Waals surface area contributed by atoms with Crippen molar-refractivity contribution in [3.8, 4) is 0 Å². The van der Waals surface area contributed by atoms with E-state index >= 15 is 0 Å². The third kappa shape index (κ3) is 2.76. The molecule has 0 spiro atoms. The predicted molar refractivity (Wildman–Crippen MR) is 70.8 cm³/mol. The molecular formula is C15H19NO. The molecule has 0 aromatic heterocycles. The number of ketones is 1. The first-order valence-corrected chi connectivity index (χ1v) is 6.03. The minimum Gasteiger partial charge on any atom is -0.353 e. The lowest BCUT2D eigenvalue weighted by atomic mass is 9.76. The highest BCUT2D eigenvalue weighted by atomic mass is 16.1. The molecule has 0 fully saturated rings. The number of carbonyl (C=O) groups excluding carboxylic acids is 1. The average Bonchev–Trinajstić information content (AvgIpc) is 2.24. The van der Waals surface area contributed by atoms with Crippen LogP contribution in [-0.4, -0.2) is 5.78 Å². The van der Waals surface area contributed by atoms with Gasteiger partial charge in [0.1, 0.15) is 0 Å². The van der Waals surface area contributed by atoms with Crippen LogP contribution in [0.5, 0.6) is 0 Å². The van der Waals surface area contributed by atoms with E-state index in [4.69, 9.17) is 0 Å². The van der Waals surface area contributed by atoms with Crippen molar-refractivity contribution in [2.45, 2.75) is 33.6 Å². The van der Waals surface area contributed by atoms with Crippen molar-refractivity contribution in [3.63, 3.8) is 0 Å². The fraction of sp³-hybridized carbons (Fsp3) is 0.400. The quantitative estimate of drug-likeness (QED) is 0.836. The molecule has 2 rings (SSSR count). The van der Waals surface area contributed by atoms with Gasteiger partial charge in [-0.2, -0.15) is 0 Å². The SMILES string of the molecule is CC1=C(Nc2ccccc2)C(=O)CC(C)(C)C1. The second-order valence-corrected chi connectivity index (χ2v) is 5.59. The Kier molecular flexibility index (Phi) is 3.05. The number of anilines is 1. The van der Waals surface area contributed by atoms with Crippen LogP contribution in [0.4, 0.5) is 5.69 Å². The summed E-state index contributed by atoms with van der Waals surface area (Å²) in [4.78, 5) is 12.1. The second-order valence-electron chi connectivity index (χ2n) is 5.59. The van der Waals surface area contributed by atoms with Gasteiger partial charge in [0.2, 0.25) is 0 Å². The largest absolute Gasteiger partial charge is 0.353 e. The first kappa shape index (κ1) is 11.9. The summed E-state index contributed by atoms with van der Waals surface area (Å²) in [7, 11) is 0. The smallest absolute Gasteiger partial charge is 0.179 e. The maximum atomic E-state index is 12.1. The monoisotopic (exact) mass is 229 g/mol. The Balaban J connectivity index is 2.24. The fourth-order valence-corrected chi connectivity index (χ4v) is 2.47. The summed E-state index contributed by atoms with van der Waals surface area (Å²) < 4.78 is 0. The average molecular weight is 229 g/mol. The summed E-state index contributed by atoms with van der Waals surface area (Å²) >= 11 is 0. The van der Waals surface area contributed by atoms with Crippen molar-refractivity contribution in [2.24, 2.45) is 5.41 Å². The van der Waals surface area contributed by atoms with E-state index < -0.39 is 0 Å². The zero-order chi connectivity index (χ0) is 12.5. The number of allylic oxidation sites excluding steroid dienone is 2. The van der Waals surface area contributed by atoms with Gasteiger partial charge in [0.05, 0.1) is 5.70 Å². The van der Waals surface area contributed by atoms with Crippen molar-refractivity contribution in [2.75, 3.05) is 5.32 Å². The third-order valence-corrected chi connectivity index (χ3v) is 3.13. The molecular weight excluding hydrogens is 210 g/mol. The number of carbonyl (C=O) groups is 1. The highest BCUT2D eigenvalue weighted by Gasteiger charge is 2.31. The molecule has 0 unspecified atom stereocenters. The number of para-hydroxylation sites is 1. The van der Waals surface area contributed by atoms with Gasteiger partial charge in [0.15, 0.2) is 5.78 Å². The van der Waals surface area contributed by atoms with Crippen LogP contribution in [0.25, 0.3) is 0 Å². The zero-order valence-corrected chi connectivity index (χ0v) is 10.7. The van der Waals surface area contributed by atoms with Gasteiger partial charge in [-0.15, -0.1) is 0 Å². The van der Waals surface area contributed by atoms with E-state index in [1.807, 2.05) is 37.3 Å². The van der Waals surface area contributed by atoms with Crippen molar-refractivity contribution in [1.82, 2.24) is 0 Å². The van der Waals surface area contributed by atoms with Crippen LogP contribution in [0, 0.1) is 5.41 Å². The minimum absolute atomic E-state index is 0.100. The summed E-state index contributed by atoms with van der Waals surface area (Å²) in [6.45, 7) is 6.34. The van der Waals surface area contributed by atoms with Gasteiger partial charge in [-0.1, -0.05) is 32.0 Å². The Hall–Kier alpha value is -1.57. The van der Waals surface area contributed by atoms with E-state index in [2.05, 4.69) is 19.2 Å². The van der Waals surface area contributed by atoms with Crippen molar-refractivity contribution >= 4 is 11.5 Å². The maximum Gasteiger partial charge on any atom is 0.179 e. The summed E-state index contributed by atoms with van der Waals surface area (Å²) in [5, 5.41) is 3.25. The molecule has 0 amide bonds. The number of hydrogen-bond acceptors (Lipinski definition) is 2. The van der Waals surface area contributed by atoms with E-state index in [-0.39, 0.29) is 11.2 Å². The molecule has 0 bridgehead atoms. The molecule has 17 heavy (non-hydrogen) atoms. The Morgan fingerprint density at radius 1 is 1.12 bits per heavy atom. The van der Waals surface area contributed by atoms with Crippen LogP contribution in [0.15, 0.2) is 41.6 Å². The first-order valence-electron chi connectivity index (χ1n) is 6.03. The Labute approximate surface area is 103 Å². The Bertz CT molecular complexity index is 457. The van der Waals surface area contributed by atoms with Gasteiger partial charge in [0, 0.05) is 12.1 Å². The summed E-state index contributed by atoms with van der Waals surface area (Å²) in [6.07, 6.45) is 1.60. The lowest BCUT2D eigenvalue weighted by Gasteiger charge is -2.31. The molecule has 0 atom stereocenters. The molecule has 2 heteroatoms. The molecule has 1 aliphatic carbocycles. The van der Waals surface area contributed by atoms with E-state index in [0.717, 1.165) is 23.4 Å². The molecule has 0 saturated carbocycles. The number of rotatable bonds is 2. The molecule has 0 saturated heterocycles. The molecule has 0 radical (unpaired) electrons. The Morgan fingerprint density at radius 2 is 1.76 bits per heavy atom. The summed E-state index contributed by atoms with van der Waals surface area (Å²) in [5.41, 5.74) is 3.03. The van der Waals surface area contributed by atoms with Crippen molar-refractivity contribution in [1.29, 1.82) is 0 Å². The number of Topliss-reactive ketones (excluding diaryl/α,β-unsaturated/α-hetero) is 1. The lowest BCUT2D eigenvalue weighted by molar-refractivity contribution is -0.117. The van der Waals surface area contributed by atoms with Gasteiger partial charge in [-0.05, 0) is 36.5 Å². The van der Waals surface area contributed by atoms with Crippen molar-refractivity contribution < 1.29 is 4.79 Å². The fourth-order valence-electron chi connectivity index (χ4n) is 2.47. The summed E-state index contributed by atoms with van der Waals surface area (Å²) in [6, 6.07) is 9.86. The predicted octanol–water partition coefficient (Wildman–Crippen LogP) is 3.76. The minimum atomic E-state index is 0.100. The number of nitrogens with one attached hydrogen (secondary N) is 1. The van der Waals surface area contributed by atoms with Crippen LogP contribution in [-0.2, 0) is 4.79 Å². The first-order chi connectivity index (χ1) is 7.98. The van der Waals surface area contributed by atoms with Gasteiger partial charge in [-0.3, -0.25) is 4.79 Å². The zero-order valence-electron chi connectivity index (χ0n) is 10.7. The van der Waals surface area contributed by atoms with Crippen LogP contribution in [0.1, 0.15) is 33.6 Å². The number of benzene rings is 1. The van der Waals surface area contributed by atoms with Crippen molar-refractivity contribution in [3.05, 3.63) is 41.6 Å². The second kappa shape index (κ2) is 4.36. The van der Waals surface area contributed by atoms with Gasteiger partial charge in [-0.25, -0.2) is 0 Å². The molecule has 0 aliphatic heterocycles. The van der Waals surface area contributed by atoms with Gasteiger partial charge in [0.25, 0.3) is 0 Å². The van der Waals surface area contributed by atoms with Crippen LogP contribution in [0.2, 0.25) is 0 Å². The third-order valence-electron chi connectivity index (χ3n) is 3.13. The lowest BCUT2D eigenvalue weighted by Crippen LogP contribution is -2.28. The topological polar surface area (TPSA) is 29.1 Å². The van der Waals surface area contributed by atoms with Gasteiger partial charge >= 0.3 is 0 Å². The molecule has 0 heterocycles. The van der Waals surface area contributed by atoms with Crippen LogP contribution >= 0.6 is 0 Å². The highest BCUT2D eigenvalue weighted by molar-refractivity contribution is 6.00. The van der Waals surface area contributed by atoms with Crippen LogP contribution in [0.3, 0.4) is 0 Å². The van der Waals surface area contributed by atoms with E-state index in [9.17, 15) is 4.79 Å². The van der Waals surface area contributed by atoms with E-state index in [0.29, 0.717) is 6.42 Å². The highest BCUT2D eigenvalue weighted by Crippen LogP contribution is 2.36. The molecule has 1 N–H and O–H groups in total. The maximum absolute atomic E-state index is 12.1. The van der Waals surface area contributed by atoms with Gasteiger partial charge < -0.3 is 5.32 Å².